The molecule has 2 heterocycles. The minimum absolute atomic E-state index is 0.0471. The number of aryl methyl sites for hydroxylation is 3. The molecule has 3 amide bonds. The second-order valence-electron chi connectivity index (χ2n) is 8.07. The standard InChI is InChI=1S/C24H27N5O2/c1-15-11-16(2)29(28-15)14-18-5-4-6-21(12-18)26-24(31)25-17(3)19-7-9-22-20(13-19)8-10-23(30)27-22/h4-7,9,11-13,17H,8,10,14H2,1-3H3,(H,27,30)(H2,25,26,31). The number of rotatable bonds is 5. The highest BCUT2D eigenvalue weighted by molar-refractivity contribution is 5.94. The number of carbonyl (C=O) groups is 2. The summed E-state index contributed by atoms with van der Waals surface area (Å²) < 4.78 is 1.95. The van der Waals surface area contributed by atoms with Gasteiger partial charge in [-0.1, -0.05) is 24.3 Å². The van der Waals surface area contributed by atoms with Crippen molar-refractivity contribution in [3.63, 3.8) is 0 Å². The Bertz CT molecular complexity index is 1130. The van der Waals surface area contributed by atoms with Crippen molar-refractivity contribution in [2.75, 3.05) is 10.6 Å². The Labute approximate surface area is 181 Å². The van der Waals surface area contributed by atoms with Gasteiger partial charge in [-0.3, -0.25) is 9.48 Å². The van der Waals surface area contributed by atoms with Crippen LogP contribution in [0, 0.1) is 13.8 Å². The summed E-state index contributed by atoms with van der Waals surface area (Å²) in [4.78, 5) is 24.1. The van der Waals surface area contributed by atoms with E-state index < -0.39 is 0 Å². The van der Waals surface area contributed by atoms with Crippen molar-refractivity contribution in [3.8, 4) is 0 Å². The van der Waals surface area contributed by atoms with E-state index in [4.69, 9.17) is 0 Å². The Morgan fingerprint density at radius 2 is 2.00 bits per heavy atom. The molecule has 7 heteroatoms. The monoisotopic (exact) mass is 417 g/mol. The zero-order chi connectivity index (χ0) is 22.0. The van der Waals surface area contributed by atoms with Gasteiger partial charge in [0.2, 0.25) is 5.91 Å². The van der Waals surface area contributed by atoms with E-state index in [1.807, 2.05) is 67.9 Å². The molecule has 1 aliphatic rings. The lowest BCUT2D eigenvalue weighted by atomic mass is 9.98. The Morgan fingerprint density at radius 1 is 1.16 bits per heavy atom. The molecule has 4 rings (SSSR count). The summed E-state index contributed by atoms with van der Waals surface area (Å²) in [6.45, 7) is 6.61. The first-order valence-electron chi connectivity index (χ1n) is 10.5. The Balaban J connectivity index is 1.38. The van der Waals surface area contributed by atoms with Crippen LogP contribution in [0.2, 0.25) is 0 Å². The van der Waals surface area contributed by atoms with E-state index in [2.05, 4.69) is 27.1 Å². The molecule has 1 aromatic heterocycles. The molecule has 0 saturated heterocycles. The van der Waals surface area contributed by atoms with Crippen LogP contribution in [0.25, 0.3) is 0 Å². The molecule has 160 valence electrons. The minimum Gasteiger partial charge on any atom is -0.331 e. The fraction of sp³-hybridized carbons (Fsp3) is 0.292. The Morgan fingerprint density at radius 3 is 2.77 bits per heavy atom. The lowest BCUT2D eigenvalue weighted by Gasteiger charge is -2.20. The normalized spacial score (nSPS) is 13.8. The quantitative estimate of drug-likeness (QED) is 0.578. The van der Waals surface area contributed by atoms with Gasteiger partial charge in [-0.2, -0.15) is 5.10 Å². The van der Waals surface area contributed by atoms with Crippen molar-refractivity contribution in [2.24, 2.45) is 0 Å². The molecule has 0 radical (unpaired) electrons. The van der Waals surface area contributed by atoms with E-state index >= 15 is 0 Å². The van der Waals surface area contributed by atoms with E-state index in [9.17, 15) is 9.59 Å². The number of hydrogen-bond acceptors (Lipinski definition) is 3. The van der Waals surface area contributed by atoms with Gasteiger partial charge in [0.25, 0.3) is 0 Å². The molecule has 1 atom stereocenters. The molecule has 0 fully saturated rings. The van der Waals surface area contributed by atoms with Gasteiger partial charge in [0.1, 0.15) is 0 Å². The molecule has 31 heavy (non-hydrogen) atoms. The number of urea groups is 1. The lowest BCUT2D eigenvalue weighted by molar-refractivity contribution is -0.116. The number of hydrogen-bond donors (Lipinski definition) is 3. The largest absolute Gasteiger partial charge is 0.331 e. The van der Waals surface area contributed by atoms with Gasteiger partial charge in [0.05, 0.1) is 18.3 Å². The molecule has 0 saturated carbocycles. The van der Waals surface area contributed by atoms with E-state index in [0.29, 0.717) is 13.0 Å². The van der Waals surface area contributed by atoms with Gasteiger partial charge < -0.3 is 16.0 Å². The second kappa shape index (κ2) is 8.63. The maximum absolute atomic E-state index is 12.6. The molecule has 0 bridgehead atoms. The van der Waals surface area contributed by atoms with Crippen molar-refractivity contribution >= 4 is 23.3 Å². The van der Waals surface area contributed by atoms with Crippen LogP contribution >= 0.6 is 0 Å². The summed E-state index contributed by atoms with van der Waals surface area (Å²) in [7, 11) is 0. The molecule has 1 aliphatic heterocycles. The number of nitrogens with one attached hydrogen (secondary N) is 3. The SMILES string of the molecule is Cc1cc(C)n(Cc2cccc(NC(=O)NC(C)c3ccc4c(c3)CCC(=O)N4)c2)n1. The van der Waals surface area contributed by atoms with E-state index in [0.717, 1.165) is 45.9 Å². The molecule has 7 nitrogen and oxygen atoms in total. The van der Waals surface area contributed by atoms with Gasteiger partial charge in [-0.05, 0) is 68.1 Å². The summed E-state index contributed by atoms with van der Waals surface area (Å²) in [6, 6.07) is 15.3. The number of aromatic nitrogens is 2. The van der Waals surface area contributed by atoms with Crippen molar-refractivity contribution in [2.45, 2.75) is 46.2 Å². The Kier molecular flexibility index (Phi) is 5.75. The van der Waals surface area contributed by atoms with Gasteiger partial charge >= 0.3 is 6.03 Å². The molecular weight excluding hydrogens is 390 g/mol. The highest BCUT2D eigenvalue weighted by atomic mass is 16.2. The van der Waals surface area contributed by atoms with Crippen LogP contribution in [-0.2, 0) is 17.8 Å². The number of benzene rings is 2. The lowest BCUT2D eigenvalue weighted by Crippen LogP contribution is -2.31. The topological polar surface area (TPSA) is 88.0 Å². The van der Waals surface area contributed by atoms with Crippen LogP contribution < -0.4 is 16.0 Å². The highest BCUT2D eigenvalue weighted by Crippen LogP contribution is 2.26. The highest BCUT2D eigenvalue weighted by Gasteiger charge is 2.17. The third-order valence-corrected chi connectivity index (χ3v) is 5.49. The molecule has 0 spiro atoms. The van der Waals surface area contributed by atoms with Crippen molar-refractivity contribution in [3.05, 3.63) is 76.6 Å². The first-order valence-corrected chi connectivity index (χ1v) is 10.5. The smallest absolute Gasteiger partial charge is 0.319 e. The number of amides is 3. The summed E-state index contributed by atoms with van der Waals surface area (Å²) >= 11 is 0. The average molecular weight is 418 g/mol. The summed E-state index contributed by atoms with van der Waals surface area (Å²) in [6.07, 6.45) is 1.21. The van der Waals surface area contributed by atoms with Crippen LogP contribution in [0.5, 0.6) is 0 Å². The van der Waals surface area contributed by atoms with Crippen LogP contribution in [0.3, 0.4) is 0 Å². The zero-order valence-electron chi connectivity index (χ0n) is 18.0. The third kappa shape index (κ3) is 4.94. The van der Waals surface area contributed by atoms with Crippen LogP contribution in [-0.4, -0.2) is 21.7 Å². The summed E-state index contributed by atoms with van der Waals surface area (Å²) in [5.41, 5.74) is 6.85. The molecule has 3 aromatic rings. The number of anilines is 2. The van der Waals surface area contributed by atoms with E-state index in [1.54, 1.807) is 0 Å². The molecule has 1 unspecified atom stereocenters. The second-order valence-corrected chi connectivity index (χ2v) is 8.07. The predicted molar refractivity (Wildman–Crippen MR) is 121 cm³/mol. The van der Waals surface area contributed by atoms with Crippen molar-refractivity contribution < 1.29 is 9.59 Å². The van der Waals surface area contributed by atoms with Gasteiger partial charge in [0.15, 0.2) is 0 Å². The van der Waals surface area contributed by atoms with Crippen LogP contribution in [0.4, 0.5) is 16.2 Å². The van der Waals surface area contributed by atoms with Crippen molar-refractivity contribution in [1.29, 1.82) is 0 Å². The fourth-order valence-electron chi connectivity index (χ4n) is 3.88. The molecule has 2 aromatic carbocycles. The van der Waals surface area contributed by atoms with Crippen molar-refractivity contribution in [1.82, 2.24) is 15.1 Å². The number of carbonyl (C=O) groups excluding carboxylic acids is 2. The van der Waals surface area contributed by atoms with Gasteiger partial charge in [0, 0.05) is 23.5 Å². The van der Waals surface area contributed by atoms with E-state index in [1.165, 1.54) is 0 Å². The maximum Gasteiger partial charge on any atom is 0.319 e. The van der Waals surface area contributed by atoms with Crippen LogP contribution in [0.15, 0.2) is 48.5 Å². The number of fused-ring (bicyclic) bond motifs is 1. The molecule has 0 aliphatic carbocycles. The number of nitrogens with zero attached hydrogens (tertiary/aromatic N) is 2. The van der Waals surface area contributed by atoms with Crippen LogP contribution in [0.1, 0.15) is 47.5 Å². The maximum atomic E-state index is 12.6. The Hall–Kier alpha value is -3.61. The first kappa shape index (κ1) is 20.7. The first-order chi connectivity index (χ1) is 14.9. The predicted octanol–water partition coefficient (Wildman–Crippen LogP) is 4.32. The molecule has 3 N–H and O–H groups in total. The molecular formula is C24H27N5O2. The summed E-state index contributed by atoms with van der Waals surface area (Å²) in [5, 5.41) is 13.3. The third-order valence-electron chi connectivity index (χ3n) is 5.49. The van der Waals surface area contributed by atoms with Gasteiger partial charge in [-0.25, -0.2) is 4.79 Å². The van der Waals surface area contributed by atoms with Gasteiger partial charge in [-0.15, -0.1) is 0 Å². The van der Waals surface area contributed by atoms with E-state index in [-0.39, 0.29) is 18.0 Å². The zero-order valence-corrected chi connectivity index (χ0v) is 18.0. The average Bonchev–Trinajstić information content (AvgIpc) is 3.04. The summed E-state index contributed by atoms with van der Waals surface area (Å²) in [5.74, 6) is 0.0471. The fourth-order valence-corrected chi connectivity index (χ4v) is 3.88. The minimum atomic E-state index is -0.262.